The topological polar surface area (TPSA) is 73.5 Å². The van der Waals surface area contributed by atoms with Crippen LogP contribution < -0.4 is 16.0 Å². The SMILES string of the molecule is CNc1ccc(C(=O)N2CCC(C(=O)N[C@@H]3CCNC3)CC2)c(Cl)c1. The van der Waals surface area contributed by atoms with Gasteiger partial charge in [-0.15, -0.1) is 0 Å². The first-order chi connectivity index (χ1) is 12.1. The minimum atomic E-state index is -0.0634. The normalized spacial score (nSPS) is 21.2. The van der Waals surface area contributed by atoms with E-state index in [1.54, 1.807) is 17.0 Å². The number of likely N-dealkylation sites (tertiary alicyclic amines) is 1. The summed E-state index contributed by atoms with van der Waals surface area (Å²) >= 11 is 6.24. The third kappa shape index (κ3) is 4.25. The monoisotopic (exact) mass is 364 g/mol. The summed E-state index contributed by atoms with van der Waals surface area (Å²) in [4.78, 5) is 26.8. The van der Waals surface area contributed by atoms with E-state index in [1.807, 2.05) is 13.1 Å². The zero-order valence-corrected chi connectivity index (χ0v) is 15.2. The summed E-state index contributed by atoms with van der Waals surface area (Å²) in [6, 6.07) is 5.60. The Bertz CT molecular complexity index is 638. The van der Waals surface area contributed by atoms with Crippen molar-refractivity contribution < 1.29 is 9.59 Å². The molecule has 1 aromatic carbocycles. The van der Waals surface area contributed by atoms with Gasteiger partial charge in [-0.2, -0.15) is 0 Å². The molecule has 0 spiro atoms. The first-order valence-corrected chi connectivity index (χ1v) is 9.24. The van der Waals surface area contributed by atoms with Gasteiger partial charge in [0.15, 0.2) is 0 Å². The number of anilines is 1. The van der Waals surface area contributed by atoms with Gasteiger partial charge in [-0.1, -0.05) is 11.6 Å². The Morgan fingerprint density at radius 3 is 2.60 bits per heavy atom. The highest BCUT2D eigenvalue weighted by atomic mass is 35.5. The number of hydrogen-bond donors (Lipinski definition) is 3. The number of benzene rings is 1. The first-order valence-electron chi connectivity index (χ1n) is 8.86. The summed E-state index contributed by atoms with van der Waals surface area (Å²) in [6.07, 6.45) is 2.39. The van der Waals surface area contributed by atoms with Crippen LogP contribution in [0.4, 0.5) is 5.69 Å². The standard InChI is InChI=1S/C18H25ClN4O2/c1-20-13-2-3-15(16(19)10-13)18(25)23-8-5-12(6-9-23)17(24)22-14-4-7-21-11-14/h2-3,10,12,14,20-21H,4-9,11H2,1H3,(H,22,24)/t14-/m1/s1. The molecule has 2 aliphatic heterocycles. The third-order valence-electron chi connectivity index (χ3n) is 5.05. The van der Waals surface area contributed by atoms with Gasteiger partial charge in [0.05, 0.1) is 10.6 Å². The van der Waals surface area contributed by atoms with Crippen molar-refractivity contribution in [3.05, 3.63) is 28.8 Å². The molecular formula is C18H25ClN4O2. The van der Waals surface area contributed by atoms with Crippen LogP contribution in [-0.4, -0.2) is 56.0 Å². The second kappa shape index (κ2) is 8.06. The highest BCUT2D eigenvalue weighted by Crippen LogP contribution is 2.25. The lowest BCUT2D eigenvalue weighted by Crippen LogP contribution is -2.45. The molecule has 2 fully saturated rings. The van der Waals surface area contributed by atoms with E-state index in [0.717, 1.165) is 25.2 Å². The third-order valence-corrected chi connectivity index (χ3v) is 5.36. The minimum Gasteiger partial charge on any atom is -0.388 e. The van der Waals surface area contributed by atoms with Gasteiger partial charge in [-0.05, 0) is 44.0 Å². The van der Waals surface area contributed by atoms with Crippen LogP contribution >= 0.6 is 11.6 Å². The molecule has 1 aromatic rings. The van der Waals surface area contributed by atoms with Gasteiger partial charge in [0.25, 0.3) is 5.91 Å². The quantitative estimate of drug-likeness (QED) is 0.760. The summed E-state index contributed by atoms with van der Waals surface area (Å²) in [5.41, 5.74) is 1.39. The van der Waals surface area contributed by atoms with Crippen LogP contribution in [0.2, 0.25) is 5.02 Å². The Labute approximate surface area is 153 Å². The van der Waals surface area contributed by atoms with Crippen LogP contribution in [0.5, 0.6) is 0 Å². The minimum absolute atomic E-state index is 0.00760. The highest BCUT2D eigenvalue weighted by Gasteiger charge is 2.30. The van der Waals surface area contributed by atoms with Crippen LogP contribution in [0.25, 0.3) is 0 Å². The fourth-order valence-electron chi connectivity index (χ4n) is 3.46. The molecule has 6 nitrogen and oxygen atoms in total. The molecule has 0 radical (unpaired) electrons. The van der Waals surface area contributed by atoms with Crippen molar-refractivity contribution in [3.8, 4) is 0 Å². The van der Waals surface area contributed by atoms with Crippen LogP contribution in [0.3, 0.4) is 0 Å². The molecule has 2 amide bonds. The van der Waals surface area contributed by atoms with E-state index in [9.17, 15) is 9.59 Å². The van der Waals surface area contributed by atoms with Crippen molar-refractivity contribution >= 4 is 29.1 Å². The van der Waals surface area contributed by atoms with Gasteiger partial charge < -0.3 is 20.9 Å². The fraction of sp³-hybridized carbons (Fsp3) is 0.556. The number of piperidine rings is 1. The van der Waals surface area contributed by atoms with Gasteiger partial charge in [-0.3, -0.25) is 9.59 Å². The molecule has 0 aromatic heterocycles. The average Bonchev–Trinajstić information content (AvgIpc) is 3.14. The van der Waals surface area contributed by atoms with Gasteiger partial charge in [0.1, 0.15) is 0 Å². The van der Waals surface area contributed by atoms with Crippen molar-refractivity contribution in [3.63, 3.8) is 0 Å². The molecule has 7 heteroatoms. The predicted octanol–water partition coefficient (Wildman–Crippen LogP) is 1.71. The van der Waals surface area contributed by atoms with Crippen LogP contribution in [0, 0.1) is 5.92 Å². The summed E-state index contributed by atoms with van der Waals surface area (Å²) in [5.74, 6) is 0.0514. The zero-order valence-electron chi connectivity index (χ0n) is 14.5. The molecule has 3 N–H and O–H groups in total. The maximum Gasteiger partial charge on any atom is 0.255 e. The van der Waals surface area contributed by atoms with Crippen molar-refractivity contribution in [2.24, 2.45) is 5.92 Å². The van der Waals surface area contributed by atoms with E-state index in [2.05, 4.69) is 16.0 Å². The summed E-state index contributed by atoms with van der Waals surface area (Å²) in [7, 11) is 1.81. The molecule has 0 aliphatic carbocycles. The number of amides is 2. The number of rotatable bonds is 4. The number of nitrogens with zero attached hydrogens (tertiary/aromatic N) is 1. The number of carbonyl (C=O) groups is 2. The van der Waals surface area contributed by atoms with E-state index in [4.69, 9.17) is 11.6 Å². The van der Waals surface area contributed by atoms with Crippen LogP contribution in [-0.2, 0) is 4.79 Å². The maximum atomic E-state index is 12.7. The van der Waals surface area contributed by atoms with Gasteiger partial charge >= 0.3 is 0 Å². The molecule has 1 atom stereocenters. The molecule has 25 heavy (non-hydrogen) atoms. The second-order valence-electron chi connectivity index (χ2n) is 6.71. The lowest BCUT2D eigenvalue weighted by atomic mass is 9.95. The number of nitrogens with one attached hydrogen (secondary N) is 3. The fourth-order valence-corrected chi connectivity index (χ4v) is 3.72. The molecule has 2 aliphatic rings. The van der Waals surface area contributed by atoms with E-state index in [-0.39, 0.29) is 23.8 Å². The summed E-state index contributed by atoms with van der Waals surface area (Å²) < 4.78 is 0. The van der Waals surface area contributed by atoms with Gasteiger partial charge in [0.2, 0.25) is 5.91 Å². The Hall–Kier alpha value is -1.79. The molecule has 2 heterocycles. The van der Waals surface area contributed by atoms with Crippen molar-refractivity contribution in [1.82, 2.24) is 15.5 Å². The maximum absolute atomic E-state index is 12.7. The van der Waals surface area contributed by atoms with E-state index in [0.29, 0.717) is 36.5 Å². The first kappa shape index (κ1) is 18.0. The second-order valence-corrected chi connectivity index (χ2v) is 7.12. The smallest absolute Gasteiger partial charge is 0.255 e. The van der Waals surface area contributed by atoms with Crippen molar-refractivity contribution in [2.45, 2.75) is 25.3 Å². The molecule has 3 rings (SSSR count). The molecule has 0 saturated carbocycles. The summed E-state index contributed by atoms with van der Waals surface area (Å²) in [5, 5.41) is 9.82. The number of hydrogen-bond acceptors (Lipinski definition) is 4. The lowest BCUT2D eigenvalue weighted by Gasteiger charge is -2.32. The molecule has 0 unspecified atom stereocenters. The largest absolute Gasteiger partial charge is 0.388 e. The van der Waals surface area contributed by atoms with Gasteiger partial charge in [-0.25, -0.2) is 0 Å². The number of carbonyl (C=O) groups excluding carboxylic acids is 2. The van der Waals surface area contributed by atoms with E-state index < -0.39 is 0 Å². The van der Waals surface area contributed by atoms with Crippen molar-refractivity contribution in [2.75, 3.05) is 38.5 Å². The van der Waals surface area contributed by atoms with E-state index >= 15 is 0 Å². The Balaban J connectivity index is 1.54. The molecule has 0 bridgehead atoms. The number of halogens is 1. The Kier molecular flexibility index (Phi) is 5.81. The summed E-state index contributed by atoms with van der Waals surface area (Å²) in [6.45, 7) is 2.99. The average molecular weight is 365 g/mol. The highest BCUT2D eigenvalue weighted by molar-refractivity contribution is 6.34. The molecule has 2 saturated heterocycles. The van der Waals surface area contributed by atoms with E-state index in [1.165, 1.54) is 0 Å². The van der Waals surface area contributed by atoms with Gasteiger partial charge in [0, 0.05) is 44.3 Å². The predicted molar refractivity (Wildman–Crippen MR) is 99.0 cm³/mol. The molecular weight excluding hydrogens is 340 g/mol. The van der Waals surface area contributed by atoms with Crippen LogP contribution in [0.15, 0.2) is 18.2 Å². The zero-order chi connectivity index (χ0) is 17.8. The molecule has 136 valence electrons. The van der Waals surface area contributed by atoms with Crippen molar-refractivity contribution in [1.29, 1.82) is 0 Å². The lowest BCUT2D eigenvalue weighted by molar-refractivity contribution is -0.126. The van der Waals surface area contributed by atoms with Crippen LogP contribution in [0.1, 0.15) is 29.6 Å². The Morgan fingerprint density at radius 2 is 2.00 bits per heavy atom. The Morgan fingerprint density at radius 1 is 1.24 bits per heavy atom.